The van der Waals surface area contributed by atoms with Gasteiger partial charge in [-0.25, -0.2) is 42.9 Å². The van der Waals surface area contributed by atoms with Crippen molar-refractivity contribution >= 4 is 101 Å². The van der Waals surface area contributed by atoms with Crippen LogP contribution in [0.3, 0.4) is 0 Å². The Morgan fingerprint density at radius 3 is 0.654 bits per heavy atom. The van der Waals surface area contributed by atoms with Crippen LogP contribution in [0.1, 0.15) is 0 Å². The molecule has 0 aromatic carbocycles. The molecule has 0 unspecified atom stereocenters. The molecule has 0 aromatic heterocycles. The van der Waals surface area contributed by atoms with Gasteiger partial charge >= 0.3 is 22.5 Å². The molecular weight excluding hydrogens is 432 g/mol. The summed E-state index contributed by atoms with van der Waals surface area (Å²) in [6.07, 6.45) is 0. The molecule has 0 saturated heterocycles. The van der Waals surface area contributed by atoms with Gasteiger partial charge in [0.25, 0.3) is 6.49 Å². The minimum atomic E-state index is -3.58. The van der Waals surface area contributed by atoms with Crippen molar-refractivity contribution in [3.8, 4) is 0 Å². The number of rotatable bonds is 12. The minimum absolute atomic E-state index is 3.21. The van der Waals surface area contributed by atoms with Gasteiger partial charge in [-0.2, -0.15) is 13.5 Å². The minimum Gasteiger partial charge on any atom is -0.221 e. The Morgan fingerprint density at radius 2 is 0.538 bits per heavy atom. The summed E-state index contributed by atoms with van der Waals surface area (Å²) in [5.74, 6) is 0. The molecule has 0 aliphatic carbocycles. The lowest BCUT2D eigenvalue weighted by molar-refractivity contribution is 1.53. The molecule has 0 radical (unpaired) electrons. The predicted octanol–water partition coefficient (Wildman–Crippen LogP) is 5.35. The molecule has 0 amide bonds. The van der Waals surface area contributed by atoms with E-state index in [4.69, 9.17) is 11.8 Å². The van der Waals surface area contributed by atoms with Gasteiger partial charge < -0.3 is 0 Å². The van der Waals surface area contributed by atoms with Gasteiger partial charge in [0.1, 0.15) is 0 Å². The lowest BCUT2D eigenvalue weighted by Gasteiger charge is -2.18. The fraction of sp³-hybridized carbons (Fsp3) is 0. The summed E-state index contributed by atoms with van der Waals surface area (Å²) in [6.45, 7) is 27.0. The molecule has 0 fully saturated rings. The van der Waals surface area contributed by atoms with Gasteiger partial charge in [0, 0.05) is 0 Å². The standard InChI is InChI=1S/C9H18N12P4S/c1-10-22(11-2,12-3)19-25(26,20-23(13-4,14-5)15-6)21-24(16-7,17-8)18-9/h1-9H2. The van der Waals surface area contributed by atoms with E-state index in [9.17, 15) is 0 Å². The van der Waals surface area contributed by atoms with Crippen molar-refractivity contribution in [2.45, 2.75) is 0 Å². The van der Waals surface area contributed by atoms with Crippen molar-refractivity contribution in [2.75, 3.05) is 0 Å². The fourth-order valence-electron chi connectivity index (χ4n) is 1.18. The highest BCUT2D eigenvalue weighted by molar-refractivity contribution is 8.16. The summed E-state index contributed by atoms with van der Waals surface area (Å²) in [7, 11) is -9.62. The largest absolute Gasteiger partial charge is 0.305 e. The van der Waals surface area contributed by atoms with Gasteiger partial charge in [-0.05, 0) is 72.3 Å². The maximum atomic E-state index is 5.55. The molecular formula is C9H18N12P4S. The van der Waals surface area contributed by atoms with Gasteiger partial charge in [0.15, 0.2) is 0 Å². The third kappa shape index (κ3) is 5.43. The summed E-state index contributed by atoms with van der Waals surface area (Å²) in [6, 6.07) is 0. The van der Waals surface area contributed by atoms with E-state index in [-0.39, 0.29) is 0 Å². The Morgan fingerprint density at radius 1 is 0.385 bits per heavy atom. The zero-order chi connectivity index (χ0) is 20.5. The van der Waals surface area contributed by atoms with E-state index in [1.54, 1.807) is 0 Å². The number of nitrogens with zero attached hydrogens (tertiary/aromatic N) is 12. The average Bonchev–Trinajstić information content (AvgIpc) is 2.69. The highest BCUT2D eigenvalue weighted by Gasteiger charge is 2.29. The van der Waals surface area contributed by atoms with Gasteiger partial charge in [-0.1, -0.05) is 0 Å². The smallest absolute Gasteiger partial charge is 0.221 e. The van der Waals surface area contributed by atoms with Gasteiger partial charge in [0.05, 0.1) is 0 Å². The predicted molar refractivity (Wildman–Crippen MR) is 128 cm³/mol. The van der Waals surface area contributed by atoms with Crippen molar-refractivity contribution in [1.82, 2.24) is 0 Å². The summed E-state index contributed by atoms with van der Waals surface area (Å²) < 4.78 is 46.9. The molecule has 17 heteroatoms. The van der Waals surface area contributed by atoms with Crippen LogP contribution in [0.25, 0.3) is 0 Å². The van der Waals surface area contributed by atoms with Crippen molar-refractivity contribution in [3.05, 3.63) is 0 Å². The zero-order valence-electron chi connectivity index (χ0n) is 13.9. The van der Waals surface area contributed by atoms with Crippen LogP contribution in [0, 0.1) is 0 Å². The Bertz CT molecular complexity index is 699. The summed E-state index contributed by atoms with van der Waals surface area (Å²) in [5, 5.41) is 0. The number of hydrogen-bond acceptors (Lipinski definition) is 1. The van der Waals surface area contributed by atoms with Crippen LogP contribution in [-0.4, -0.2) is 60.5 Å². The first-order valence-corrected chi connectivity index (χ1v) is 13.5. The highest BCUT2D eigenvalue weighted by atomic mass is 32.4. The number of hydrogen-bond donors (Lipinski definition) is 0. The topological polar surface area (TPSA) is 148 Å². The third-order valence-electron chi connectivity index (χ3n) is 2.42. The Kier molecular flexibility index (Phi) is 9.28. The molecule has 0 atom stereocenters. The van der Waals surface area contributed by atoms with E-state index in [2.05, 4.69) is 117 Å². The molecule has 0 rings (SSSR count). The molecule has 26 heavy (non-hydrogen) atoms. The molecule has 12 nitrogen and oxygen atoms in total. The molecule has 140 valence electrons. The van der Waals surface area contributed by atoms with E-state index < -0.39 is 29.0 Å². The van der Waals surface area contributed by atoms with E-state index in [0.29, 0.717) is 0 Å². The van der Waals surface area contributed by atoms with Crippen LogP contribution in [-0.2, 0) is 11.8 Å². The lowest BCUT2D eigenvalue weighted by atomic mass is 11.8. The van der Waals surface area contributed by atoms with Crippen LogP contribution in [0.5, 0.6) is 0 Å². The molecule has 0 N–H and O–H groups in total. The normalized spacial score (nSPS) is 11.8. The molecule has 0 heterocycles. The molecule has 0 aromatic rings. The summed E-state index contributed by atoms with van der Waals surface area (Å²) in [5.41, 5.74) is 0. The van der Waals surface area contributed by atoms with E-state index in [0.717, 1.165) is 0 Å². The van der Waals surface area contributed by atoms with Crippen LogP contribution in [0.15, 0.2) is 56.4 Å². The summed E-state index contributed by atoms with van der Waals surface area (Å²) >= 11 is 5.55. The lowest BCUT2D eigenvalue weighted by Crippen LogP contribution is -1.76. The Hall–Kier alpha value is -1.63. The van der Waals surface area contributed by atoms with E-state index in [1.165, 1.54) is 0 Å². The Balaban J connectivity index is 7.57. The first kappa shape index (κ1) is 24.4. The maximum absolute atomic E-state index is 5.55. The molecule has 0 aliphatic heterocycles. The third-order valence-corrected chi connectivity index (χ3v) is 13.5. The van der Waals surface area contributed by atoms with Crippen LogP contribution in [0.2, 0.25) is 0 Å². The average molecular weight is 450 g/mol. The molecule has 0 aliphatic rings. The van der Waals surface area contributed by atoms with Crippen molar-refractivity contribution < 1.29 is 0 Å². The maximum Gasteiger partial charge on any atom is 0.305 e. The quantitative estimate of drug-likeness (QED) is 0.286. The first-order valence-electron chi connectivity index (χ1n) is 6.03. The van der Waals surface area contributed by atoms with Crippen molar-refractivity contribution in [2.24, 2.45) is 56.4 Å². The Labute approximate surface area is 157 Å². The van der Waals surface area contributed by atoms with Crippen LogP contribution < -0.4 is 0 Å². The summed E-state index contributed by atoms with van der Waals surface area (Å²) in [4.78, 5) is 0. The zero-order valence-corrected chi connectivity index (χ0v) is 18.3. The molecule has 0 bridgehead atoms. The molecule has 0 spiro atoms. The highest BCUT2D eigenvalue weighted by Crippen LogP contribution is 2.76. The second-order valence-corrected chi connectivity index (χ2v) is 14.1. The first-order chi connectivity index (χ1) is 12.2. The fourth-order valence-corrected chi connectivity index (χ4v) is 11.8. The second kappa shape index (κ2) is 9.90. The van der Waals surface area contributed by atoms with Crippen LogP contribution in [0.4, 0.5) is 0 Å². The monoisotopic (exact) mass is 450 g/mol. The SMILES string of the molecule is C=NP(N=C)(N=C)=NP(=S)(N=P(N=C)(N=C)N=C)N=P(N=C)(N=C)N=C. The second-order valence-electron chi connectivity index (χ2n) is 3.66. The van der Waals surface area contributed by atoms with Crippen molar-refractivity contribution in [3.63, 3.8) is 0 Å². The van der Waals surface area contributed by atoms with Gasteiger partial charge in [0.2, 0.25) is 0 Å². The van der Waals surface area contributed by atoms with E-state index in [1.807, 2.05) is 0 Å². The molecule has 0 saturated carbocycles. The van der Waals surface area contributed by atoms with E-state index >= 15 is 0 Å². The van der Waals surface area contributed by atoms with Gasteiger partial charge in [-0.3, -0.25) is 0 Å². The van der Waals surface area contributed by atoms with Crippen LogP contribution >= 0.6 is 29.0 Å². The van der Waals surface area contributed by atoms with Gasteiger partial charge in [-0.15, -0.1) is 0 Å². The van der Waals surface area contributed by atoms with Crippen molar-refractivity contribution in [1.29, 1.82) is 0 Å².